The smallest absolute Gasteiger partial charge is 0.335 e. The Balaban J connectivity index is 2.26. The highest BCUT2D eigenvalue weighted by atomic mass is 79.9. The van der Waals surface area contributed by atoms with Crippen molar-refractivity contribution in [1.82, 2.24) is 0 Å². The molecule has 2 aromatic carbocycles. The zero-order chi connectivity index (χ0) is 15.4. The molecule has 0 aliphatic carbocycles. The average Bonchev–Trinajstić information content (AvgIpc) is 2.42. The van der Waals surface area contributed by atoms with E-state index < -0.39 is 11.9 Å². The monoisotopic (exact) mass is 366 g/mol. The van der Waals surface area contributed by atoms with Gasteiger partial charge < -0.3 is 10.2 Å². The van der Waals surface area contributed by atoms with Crippen LogP contribution in [0.4, 0.5) is 0 Å². The van der Waals surface area contributed by atoms with Gasteiger partial charge in [0.15, 0.2) is 0 Å². The van der Waals surface area contributed by atoms with E-state index >= 15 is 0 Å². The topological polar surface area (TPSA) is 74.6 Å². The fraction of sp³-hybridized carbons (Fsp3) is 0.0667. The quantitative estimate of drug-likeness (QED) is 0.838. The molecular formula is C15H11BrO4S. The molecule has 0 unspecified atom stereocenters. The number of hydrogen-bond donors (Lipinski definition) is 2. The molecule has 21 heavy (non-hydrogen) atoms. The van der Waals surface area contributed by atoms with Gasteiger partial charge >= 0.3 is 11.9 Å². The standard InChI is InChI=1S/C15H11BrO4S/c16-11-3-6-13(10(7-11)8-14(17)18)21-12-4-1-9(2-5-12)15(19)20/h1-7H,8H2,(H,17,18)(H,19,20). The second kappa shape index (κ2) is 6.78. The van der Waals surface area contributed by atoms with E-state index in [0.29, 0.717) is 5.56 Å². The molecule has 0 aromatic heterocycles. The van der Waals surface area contributed by atoms with E-state index in [-0.39, 0.29) is 12.0 Å². The van der Waals surface area contributed by atoms with E-state index in [2.05, 4.69) is 15.9 Å². The van der Waals surface area contributed by atoms with Crippen LogP contribution in [0.5, 0.6) is 0 Å². The van der Waals surface area contributed by atoms with Crippen LogP contribution < -0.4 is 0 Å². The van der Waals surface area contributed by atoms with Crippen LogP contribution in [-0.2, 0) is 11.2 Å². The summed E-state index contributed by atoms with van der Waals surface area (Å²) in [5.41, 5.74) is 0.935. The summed E-state index contributed by atoms with van der Waals surface area (Å²) in [4.78, 5) is 23.4. The van der Waals surface area contributed by atoms with Gasteiger partial charge in [0, 0.05) is 14.3 Å². The Morgan fingerprint density at radius 2 is 1.71 bits per heavy atom. The maximum absolute atomic E-state index is 10.9. The van der Waals surface area contributed by atoms with Crippen LogP contribution in [0.25, 0.3) is 0 Å². The largest absolute Gasteiger partial charge is 0.481 e. The Kier molecular flexibility index (Phi) is 5.03. The summed E-state index contributed by atoms with van der Waals surface area (Å²) in [6, 6.07) is 11.9. The summed E-state index contributed by atoms with van der Waals surface area (Å²) in [7, 11) is 0. The summed E-state index contributed by atoms with van der Waals surface area (Å²) in [5.74, 6) is -1.86. The van der Waals surface area contributed by atoms with Gasteiger partial charge in [-0.05, 0) is 48.0 Å². The number of halogens is 1. The van der Waals surface area contributed by atoms with Gasteiger partial charge in [-0.2, -0.15) is 0 Å². The van der Waals surface area contributed by atoms with Gasteiger partial charge in [0.25, 0.3) is 0 Å². The van der Waals surface area contributed by atoms with Crippen LogP contribution >= 0.6 is 27.7 Å². The Bertz CT molecular complexity index is 683. The minimum Gasteiger partial charge on any atom is -0.481 e. The van der Waals surface area contributed by atoms with Crippen molar-refractivity contribution in [3.63, 3.8) is 0 Å². The van der Waals surface area contributed by atoms with E-state index in [9.17, 15) is 9.59 Å². The minimum absolute atomic E-state index is 0.0605. The molecule has 0 aliphatic rings. The minimum atomic E-state index is -0.971. The van der Waals surface area contributed by atoms with Gasteiger partial charge in [-0.25, -0.2) is 4.79 Å². The second-order valence-corrected chi connectivity index (χ2v) is 6.29. The molecule has 2 rings (SSSR count). The lowest BCUT2D eigenvalue weighted by atomic mass is 10.1. The van der Waals surface area contributed by atoms with Gasteiger partial charge in [-0.3, -0.25) is 4.79 Å². The van der Waals surface area contributed by atoms with Crippen LogP contribution in [0.15, 0.2) is 56.7 Å². The van der Waals surface area contributed by atoms with E-state index in [1.807, 2.05) is 12.1 Å². The third-order valence-electron chi connectivity index (χ3n) is 2.69. The first-order valence-electron chi connectivity index (χ1n) is 5.97. The number of hydrogen-bond acceptors (Lipinski definition) is 3. The van der Waals surface area contributed by atoms with Gasteiger partial charge in [-0.15, -0.1) is 0 Å². The summed E-state index contributed by atoms with van der Waals surface area (Å²) < 4.78 is 0.823. The van der Waals surface area contributed by atoms with Gasteiger partial charge in [0.05, 0.1) is 12.0 Å². The van der Waals surface area contributed by atoms with E-state index in [0.717, 1.165) is 14.3 Å². The van der Waals surface area contributed by atoms with Crippen molar-refractivity contribution in [2.24, 2.45) is 0 Å². The molecule has 108 valence electrons. The molecule has 0 saturated carbocycles. The first kappa shape index (κ1) is 15.6. The summed E-state index contributed by atoms with van der Waals surface area (Å²) in [6.07, 6.45) is -0.0605. The van der Waals surface area contributed by atoms with Crippen LogP contribution in [0.3, 0.4) is 0 Å². The molecule has 0 spiro atoms. The van der Waals surface area contributed by atoms with Gasteiger partial charge in [-0.1, -0.05) is 27.7 Å². The van der Waals surface area contributed by atoms with Crippen molar-refractivity contribution >= 4 is 39.6 Å². The molecule has 2 N–H and O–H groups in total. The Labute approximate surface area is 133 Å². The lowest BCUT2D eigenvalue weighted by Crippen LogP contribution is -2.01. The molecule has 6 heteroatoms. The highest BCUT2D eigenvalue weighted by molar-refractivity contribution is 9.10. The normalized spacial score (nSPS) is 10.3. The molecule has 0 amide bonds. The Hall–Kier alpha value is -1.79. The number of rotatable bonds is 5. The number of carboxylic acid groups (broad SMARTS) is 2. The van der Waals surface area contributed by atoms with Crippen molar-refractivity contribution in [2.75, 3.05) is 0 Å². The number of benzene rings is 2. The fourth-order valence-electron chi connectivity index (χ4n) is 1.74. The predicted molar refractivity (Wildman–Crippen MR) is 83.0 cm³/mol. The highest BCUT2D eigenvalue weighted by Gasteiger charge is 2.10. The van der Waals surface area contributed by atoms with Crippen molar-refractivity contribution < 1.29 is 19.8 Å². The summed E-state index contributed by atoms with van der Waals surface area (Å²) in [5, 5.41) is 17.8. The van der Waals surface area contributed by atoms with E-state index in [4.69, 9.17) is 10.2 Å². The lowest BCUT2D eigenvalue weighted by molar-refractivity contribution is -0.136. The summed E-state index contributed by atoms with van der Waals surface area (Å²) >= 11 is 4.74. The third kappa shape index (κ3) is 4.34. The average molecular weight is 367 g/mol. The van der Waals surface area contributed by atoms with Crippen molar-refractivity contribution in [2.45, 2.75) is 16.2 Å². The maximum Gasteiger partial charge on any atom is 0.335 e. The Morgan fingerprint density at radius 3 is 2.29 bits per heavy atom. The van der Waals surface area contributed by atoms with Crippen molar-refractivity contribution in [3.8, 4) is 0 Å². The van der Waals surface area contributed by atoms with E-state index in [1.165, 1.54) is 23.9 Å². The van der Waals surface area contributed by atoms with Crippen molar-refractivity contribution in [1.29, 1.82) is 0 Å². The molecule has 0 aliphatic heterocycles. The zero-order valence-electron chi connectivity index (χ0n) is 10.7. The molecule has 0 heterocycles. The zero-order valence-corrected chi connectivity index (χ0v) is 13.1. The fourth-order valence-corrected chi connectivity index (χ4v) is 3.07. The van der Waals surface area contributed by atoms with Gasteiger partial charge in [0.1, 0.15) is 0 Å². The first-order valence-corrected chi connectivity index (χ1v) is 7.58. The van der Waals surface area contributed by atoms with Gasteiger partial charge in [0.2, 0.25) is 0 Å². The molecule has 0 atom stereocenters. The van der Waals surface area contributed by atoms with Crippen LogP contribution in [0, 0.1) is 0 Å². The van der Waals surface area contributed by atoms with Crippen LogP contribution in [-0.4, -0.2) is 22.2 Å². The number of aromatic carboxylic acids is 1. The van der Waals surface area contributed by atoms with Crippen molar-refractivity contribution in [3.05, 3.63) is 58.1 Å². The Morgan fingerprint density at radius 1 is 1.05 bits per heavy atom. The van der Waals surface area contributed by atoms with Crippen LogP contribution in [0.2, 0.25) is 0 Å². The SMILES string of the molecule is O=C(O)Cc1cc(Br)ccc1Sc1ccc(C(=O)O)cc1. The predicted octanol–water partition coefficient (Wildman–Crippen LogP) is 3.93. The summed E-state index contributed by atoms with van der Waals surface area (Å²) in [6.45, 7) is 0. The maximum atomic E-state index is 10.9. The molecular weight excluding hydrogens is 356 g/mol. The third-order valence-corrected chi connectivity index (χ3v) is 4.31. The molecule has 0 radical (unpaired) electrons. The molecule has 0 bridgehead atoms. The number of carboxylic acids is 2. The molecule has 4 nitrogen and oxygen atoms in total. The number of aliphatic carboxylic acids is 1. The van der Waals surface area contributed by atoms with E-state index in [1.54, 1.807) is 18.2 Å². The molecule has 0 saturated heterocycles. The van der Waals surface area contributed by atoms with Crippen LogP contribution in [0.1, 0.15) is 15.9 Å². The number of carbonyl (C=O) groups is 2. The highest BCUT2D eigenvalue weighted by Crippen LogP contribution is 2.32. The second-order valence-electron chi connectivity index (χ2n) is 4.25. The first-order chi connectivity index (χ1) is 9.95. The lowest BCUT2D eigenvalue weighted by Gasteiger charge is -2.08. The molecule has 2 aromatic rings. The molecule has 0 fully saturated rings.